The Hall–Kier alpha value is -1.64. The second kappa shape index (κ2) is 4.56. The number of amides is 1. The van der Waals surface area contributed by atoms with Gasteiger partial charge in [0, 0.05) is 12.0 Å². The lowest BCUT2D eigenvalue weighted by molar-refractivity contribution is -0.137. The molecule has 0 aliphatic carbocycles. The van der Waals surface area contributed by atoms with Gasteiger partial charge in [-0.15, -0.1) is 0 Å². The molecule has 94 valence electrons. The number of benzene rings is 1. The maximum atomic E-state index is 13.9. The molecule has 2 nitrogen and oxygen atoms in total. The molecule has 2 heterocycles. The second-order valence-corrected chi connectivity index (χ2v) is 4.97. The molecule has 2 unspecified atom stereocenters. The molecule has 1 fully saturated rings. The van der Waals surface area contributed by atoms with Gasteiger partial charge in [0.2, 0.25) is 5.91 Å². The Morgan fingerprint density at radius 3 is 2.89 bits per heavy atom. The third-order valence-electron chi connectivity index (χ3n) is 3.87. The van der Waals surface area contributed by atoms with Crippen LogP contribution in [-0.2, 0) is 4.79 Å². The molecule has 3 rings (SSSR count). The van der Waals surface area contributed by atoms with Crippen LogP contribution in [0, 0.1) is 5.82 Å². The molecule has 2 aliphatic heterocycles. The standard InChI is InChI=1S/C15H16FNO/c16-13-8-2-1-7-12(13)14-9-3-5-11-6-4-10-15(18)17(11)14/h1-2,4,6-8,11,14H,3,5,9-10H2. The largest absolute Gasteiger partial charge is 0.329 e. The predicted octanol–water partition coefficient (Wildman–Crippen LogP) is 3.21. The van der Waals surface area contributed by atoms with Crippen molar-refractivity contribution in [2.45, 2.75) is 37.8 Å². The SMILES string of the molecule is O=C1CC=CC2CCCC(c3ccccc3F)N12. The van der Waals surface area contributed by atoms with Gasteiger partial charge in [-0.05, 0) is 25.3 Å². The summed E-state index contributed by atoms with van der Waals surface area (Å²) in [5.74, 6) is -0.0824. The van der Waals surface area contributed by atoms with Crippen LogP contribution in [0.4, 0.5) is 4.39 Å². The Labute approximate surface area is 106 Å². The predicted molar refractivity (Wildman–Crippen MR) is 67.4 cm³/mol. The summed E-state index contributed by atoms with van der Waals surface area (Å²) in [5.41, 5.74) is 0.658. The van der Waals surface area contributed by atoms with Crippen molar-refractivity contribution in [2.75, 3.05) is 0 Å². The van der Waals surface area contributed by atoms with Crippen molar-refractivity contribution in [3.8, 4) is 0 Å². The number of nitrogens with zero attached hydrogens (tertiary/aromatic N) is 1. The number of halogens is 1. The maximum absolute atomic E-state index is 13.9. The van der Waals surface area contributed by atoms with Crippen molar-refractivity contribution < 1.29 is 9.18 Å². The number of hydrogen-bond acceptors (Lipinski definition) is 1. The Balaban J connectivity index is 1.98. The molecule has 3 heteroatoms. The molecule has 2 atom stereocenters. The van der Waals surface area contributed by atoms with E-state index in [2.05, 4.69) is 6.08 Å². The van der Waals surface area contributed by atoms with Gasteiger partial charge in [0.15, 0.2) is 0 Å². The van der Waals surface area contributed by atoms with E-state index in [1.54, 1.807) is 12.1 Å². The fraction of sp³-hybridized carbons (Fsp3) is 0.400. The van der Waals surface area contributed by atoms with E-state index in [1.807, 2.05) is 17.0 Å². The molecule has 1 saturated heterocycles. The Morgan fingerprint density at radius 2 is 2.06 bits per heavy atom. The lowest BCUT2D eigenvalue weighted by Crippen LogP contribution is -2.46. The molecule has 0 bridgehead atoms. The van der Waals surface area contributed by atoms with E-state index in [0.717, 1.165) is 19.3 Å². The Morgan fingerprint density at radius 1 is 1.22 bits per heavy atom. The van der Waals surface area contributed by atoms with Gasteiger partial charge in [-0.3, -0.25) is 4.79 Å². The summed E-state index contributed by atoms with van der Waals surface area (Å²) < 4.78 is 13.9. The van der Waals surface area contributed by atoms with E-state index < -0.39 is 0 Å². The van der Waals surface area contributed by atoms with Crippen molar-refractivity contribution in [3.05, 3.63) is 47.8 Å². The van der Waals surface area contributed by atoms with Gasteiger partial charge in [-0.1, -0.05) is 30.4 Å². The molecule has 2 aliphatic rings. The minimum atomic E-state index is -0.203. The molecule has 1 aromatic rings. The van der Waals surface area contributed by atoms with Crippen LogP contribution in [0.25, 0.3) is 0 Å². The van der Waals surface area contributed by atoms with Gasteiger partial charge in [0.05, 0.1) is 12.1 Å². The van der Waals surface area contributed by atoms with Crippen LogP contribution >= 0.6 is 0 Å². The third-order valence-corrected chi connectivity index (χ3v) is 3.87. The van der Waals surface area contributed by atoms with E-state index in [-0.39, 0.29) is 23.8 Å². The summed E-state index contributed by atoms with van der Waals surface area (Å²) in [6.07, 6.45) is 7.37. The maximum Gasteiger partial charge on any atom is 0.227 e. The van der Waals surface area contributed by atoms with Gasteiger partial charge in [-0.2, -0.15) is 0 Å². The van der Waals surface area contributed by atoms with Crippen LogP contribution in [0.2, 0.25) is 0 Å². The highest BCUT2D eigenvalue weighted by atomic mass is 19.1. The monoisotopic (exact) mass is 245 g/mol. The number of carbonyl (C=O) groups excluding carboxylic acids is 1. The minimum absolute atomic E-state index is 0.0950. The van der Waals surface area contributed by atoms with Crippen LogP contribution in [0.15, 0.2) is 36.4 Å². The first kappa shape index (κ1) is 11.5. The number of fused-ring (bicyclic) bond motifs is 1. The van der Waals surface area contributed by atoms with Crippen molar-refractivity contribution in [3.63, 3.8) is 0 Å². The van der Waals surface area contributed by atoms with Gasteiger partial charge < -0.3 is 4.90 Å². The van der Waals surface area contributed by atoms with Gasteiger partial charge >= 0.3 is 0 Å². The summed E-state index contributed by atoms with van der Waals surface area (Å²) in [6.45, 7) is 0. The molecule has 18 heavy (non-hydrogen) atoms. The molecule has 0 aromatic heterocycles. The third kappa shape index (κ3) is 1.84. The smallest absolute Gasteiger partial charge is 0.227 e. The average molecular weight is 245 g/mol. The first-order valence-electron chi connectivity index (χ1n) is 6.49. The highest BCUT2D eigenvalue weighted by Gasteiger charge is 2.35. The number of rotatable bonds is 1. The van der Waals surface area contributed by atoms with E-state index >= 15 is 0 Å². The van der Waals surface area contributed by atoms with E-state index in [1.165, 1.54) is 6.07 Å². The highest BCUT2D eigenvalue weighted by Crippen LogP contribution is 2.37. The fourth-order valence-electron chi connectivity index (χ4n) is 3.06. The fourth-order valence-corrected chi connectivity index (χ4v) is 3.06. The quantitative estimate of drug-likeness (QED) is 0.696. The Kier molecular flexibility index (Phi) is 2.90. The minimum Gasteiger partial charge on any atom is -0.329 e. The lowest BCUT2D eigenvalue weighted by Gasteiger charge is -2.43. The van der Waals surface area contributed by atoms with Crippen LogP contribution in [0.3, 0.4) is 0 Å². The first-order chi connectivity index (χ1) is 8.77. The number of carbonyl (C=O) groups is 1. The van der Waals surface area contributed by atoms with Gasteiger partial charge in [-0.25, -0.2) is 4.39 Å². The van der Waals surface area contributed by atoms with E-state index in [4.69, 9.17) is 0 Å². The van der Waals surface area contributed by atoms with Crippen molar-refractivity contribution in [1.29, 1.82) is 0 Å². The summed E-state index contributed by atoms with van der Waals surface area (Å²) in [6, 6.07) is 6.87. The summed E-state index contributed by atoms with van der Waals surface area (Å²) >= 11 is 0. The molecule has 0 N–H and O–H groups in total. The van der Waals surface area contributed by atoms with Crippen molar-refractivity contribution in [2.24, 2.45) is 0 Å². The normalized spacial score (nSPS) is 27.2. The van der Waals surface area contributed by atoms with Crippen LogP contribution < -0.4 is 0 Å². The van der Waals surface area contributed by atoms with Gasteiger partial charge in [0.1, 0.15) is 5.82 Å². The average Bonchev–Trinajstić information content (AvgIpc) is 2.39. The second-order valence-electron chi connectivity index (χ2n) is 4.97. The molecule has 0 spiro atoms. The van der Waals surface area contributed by atoms with E-state index in [0.29, 0.717) is 12.0 Å². The molecule has 1 amide bonds. The number of hydrogen-bond donors (Lipinski definition) is 0. The first-order valence-corrected chi connectivity index (χ1v) is 6.49. The Bertz CT molecular complexity index is 497. The zero-order valence-corrected chi connectivity index (χ0v) is 10.2. The van der Waals surface area contributed by atoms with Crippen LogP contribution in [0.5, 0.6) is 0 Å². The summed E-state index contributed by atoms with van der Waals surface area (Å²) in [5, 5.41) is 0. The van der Waals surface area contributed by atoms with Crippen LogP contribution in [0.1, 0.15) is 37.3 Å². The zero-order valence-electron chi connectivity index (χ0n) is 10.2. The van der Waals surface area contributed by atoms with Crippen molar-refractivity contribution >= 4 is 5.91 Å². The molecule has 0 saturated carbocycles. The van der Waals surface area contributed by atoms with Gasteiger partial charge in [0.25, 0.3) is 0 Å². The summed E-state index contributed by atoms with van der Waals surface area (Å²) in [4.78, 5) is 14.0. The lowest BCUT2D eigenvalue weighted by atomic mass is 9.88. The molecule has 0 radical (unpaired) electrons. The number of piperidine rings is 1. The summed E-state index contributed by atoms with van der Waals surface area (Å²) in [7, 11) is 0. The topological polar surface area (TPSA) is 20.3 Å². The zero-order chi connectivity index (χ0) is 12.5. The van der Waals surface area contributed by atoms with Crippen LogP contribution in [-0.4, -0.2) is 16.8 Å². The highest BCUT2D eigenvalue weighted by molar-refractivity contribution is 5.80. The van der Waals surface area contributed by atoms with Crippen molar-refractivity contribution in [1.82, 2.24) is 4.90 Å². The molecule has 1 aromatic carbocycles. The molecular formula is C15H16FNO. The molecular weight excluding hydrogens is 229 g/mol. The van der Waals surface area contributed by atoms with E-state index in [9.17, 15) is 9.18 Å².